The molecular weight excluding hydrogens is 300 g/mol. The van der Waals surface area contributed by atoms with E-state index in [1.165, 1.54) is 11.1 Å². The van der Waals surface area contributed by atoms with Gasteiger partial charge in [0.2, 0.25) is 0 Å². The number of nitrogens with one attached hydrogen (secondary N) is 1. The predicted molar refractivity (Wildman–Crippen MR) is 83.1 cm³/mol. The SMILES string of the molecule is CCC(NCCc1ccncc1)c1ccc(Br)cc1. The fourth-order valence-corrected chi connectivity index (χ4v) is 2.40. The molecule has 0 saturated carbocycles. The molecule has 1 atom stereocenters. The summed E-state index contributed by atoms with van der Waals surface area (Å²) in [6.07, 6.45) is 5.83. The molecule has 0 aliphatic rings. The zero-order valence-electron chi connectivity index (χ0n) is 11.1. The number of aromatic nitrogens is 1. The Kier molecular flexibility index (Phi) is 5.55. The lowest BCUT2D eigenvalue weighted by atomic mass is 10.0. The number of hydrogen-bond donors (Lipinski definition) is 1. The van der Waals surface area contributed by atoms with Crippen molar-refractivity contribution in [2.45, 2.75) is 25.8 Å². The molecule has 100 valence electrons. The van der Waals surface area contributed by atoms with Crippen LogP contribution in [0, 0.1) is 0 Å². The fourth-order valence-electron chi connectivity index (χ4n) is 2.13. The van der Waals surface area contributed by atoms with Crippen LogP contribution in [0.25, 0.3) is 0 Å². The zero-order chi connectivity index (χ0) is 13.5. The quantitative estimate of drug-likeness (QED) is 0.866. The van der Waals surface area contributed by atoms with E-state index in [0.29, 0.717) is 6.04 Å². The van der Waals surface area contributed by atoms with Crippen molar-refractivity contribution in [3.63, 3.8) is 0 Å². The van der Waals surface area contributed by atoms with Gasteiger partial charge in [0.15, 0.2) is 0 Å². The van der Waals surface area contributed by atoms with Gasteiger partial charge in [-0.2, -0.15) is 0 Å². The lowest BCUT2D eigenvalue weighted by Gasteiger charge is -2.17. The molecule has 0 aliphatic carbocycles. The molecule has 1 N–H and O–H groups in total. The van der Waals surface area contributed by atoms with Gasteiger partial charge in [0.25, 0.3) is 0 Å². The van der Waals surface area contributed by atoms with Gasteiger partial charge in [-0.15, -0.1) is 0 Å². The Balaban J connectivity index is 1.87. The molecule has 0 amide bonds. The van der Waals surface area contributed by atoms with E-state index in [1.54, 1.807) is 0 Å². The van der Waals surface area contributed by atoms with Crippen LogP contribution in [0.15, 0.2) is 53.3 Å². The van der Waals surface area contributed by atoms with Crippen LogP contribution in [0.1, 0.15) is 30.5 Å². The zero-order valence-corrected chi connectivity index (χ0v) is 12.7. The number of pyridine rings is 1. The Morgan fingerprint density at radius 1 is 1.11 bits per heavy atom. The average Bonchev–Trinajstić information content (AvgIpc) is 2.46. The molecule has 3 heteroatoms. The first-order valence-electron chi connectivity index (χ1n) is 6.67. The largest absolute Gasteiger partial charge is 0.310 e. The Morgan fingerprint density at radius 2 is 1.79 bits per heavy atom. The first kappa shape index (κ1) is 14.2. The Hall–Kier alpha value is -1.19. The number of benzene rings is 1. The van der Waals surface area contributed by atoms with Gasteiger partial charge in [-0.05, 0) is 54.8 Å². The topological polar surface area (TPSA) is 24.9 Å². The van der Waals surface area contributed by atoms with Gasteiger partial charge < -0.3 is 5.32 Å². The minimum atomic E-state index is 0.426. The monoisotopic (exact) mass is 318 g/mol. The van der Waals surface area contributed by atoms with Gasteiger partial charge in [-0.3, -0.25) is 4.98 Å². The summed E-state index contributed by atoms with van der Waals surface area (Å²) in [6.45, 7) is 3.20. The number of rotatable bonds is 6. The molecule has 0 bridgehead atoms. The van der Waals surface area contributed by atoms with E-state index in [4.69, 9.17) is 0 Å². The first-order chi connectivity index (χ1) is 9.29. The fraction of sp³-hybridized carbons (Fsp3) is 0.312. The molecule has 19 heavy (non-hydrogen) atoms. The second kappa shape index (κ2) is 7.41. The predicted octanol–water partition coefficient (Wildman–Crippen LogP) is 4.13. The van der Waals surface area contributed by atoms with E-state index in [1.807, 2.05) is 12.4 Å². The van der Waals surface area contributed by atoms with Crippen LogP contribution in [0.4, 0.5) is 0 Å². The number of nitrogens with zero attached hydrogens (tertiary/aromatic N) is 1. The van der Waals surface area contributed by atoms with Crippen molar-refractivity contribution in [1.29, 1.82) is 0 Å². The van der Waals surface area contributed by atoms with E-state index >= 15 is 0 Å². The molecule has 0 fully saturated rings. The summed E-state index contributed by atoms with van der Waals surface area (Å²) in [6, 6.07) is 13.1. The summed E-state index contributed by atoms with van der Waals surface area (Å²) >= 11 is 3.47. The van der Waals surface area contributed by atoms with Crippen molar-refractivity contribution >= 4 is 15.9 Å². The van der Waals surface area contributed by atoms with Crippen LogP contribution in [-0.2, 0) is 6.42 Å². The van der Waals surface area contributed by atoms with Crippen LogP contribution in [0.5, 0.6) is 0 Å². The summed E-state index contributed by atoms with van der Waals surface area (Å²) in [5.41, 5.74) is 2.67. The highest BCUT2D eigenvalue weighted by Crippen LogP contribution is 2.19. The van der Waals surface area contributed by atoms with Crippen LogP contribution in [-0.4, -0.2) is 11.5 Å². The van der Waals surface area contributed by atoms with Crippen molar-refractivity contribution in [3.8, 4) is 0 Å². The molecule has 1 heterocycles. The summed E-state index contributed by atoms with van der Waals surface area (Å²) < 4.78 is 1.13. The van der Waals surface area contributed by atoms with Crippen LogP contribution >= 0.6 is 15.9 Å². The standard InChI is InChI=1S/C16H19BrN2/c1-2-16(14-3-5-15(17)6-4-14)19-12-9-13-7-10-18-11-8-13/h3-8,10-11,16,19H,2,9,12H2,1H3. The summed E-state index contributed by atoms with van der Waals surface area (Å²) in [4.78, 5) is 4.04. The third-order valence-electron chi connectivity index (χ3n) is 3.23. The van der Waals surface area contributed by atoms with Crippen molar-refractivity contribution < 1.29 is 0 Å². The van der Waals surface area contributed by atoms with E-state index in [2.05, 4.69) is 69.6 Å². The van der Waals surface area contributed by atoms with Crippen molar-refractivity contribution in [3.05, 3.63) is 64.4 Å². The molecule has 0 spiro atoms. The van der Waals surface area contributed by atoms with Gasteiger partial charge in [0.1, 0.15) is 0 Å². The number of halogens is 1. The number of hydrogen-bond acceptors (Lipinski definition) is 2. The van der Waals surface area contributed by atoms with Crippen LogP contribution < -0.4 is 5.32 Å². The second-order valence-corrected chi connectivity index (χ2v) is 5.49. The Labute approximate surface area is 123 Å². The highest BCUT2D eigenvalue weighted by atomic mass is 79.9. The van der Waals surface area contributed by atoms with Gasteiger partial charge >= 0.3 is 0 Å². The highest BCUT2D eigenvalue weighted by Gasteiger charge is 2.07. The normalized spacial score (nSPS) is 12.3. The van der Waals surface area contributed by atoms with E-state index in [9.17, 15) is 0 Å². The van der Waals surface area contributed by atoms with E-state index in [-0.39, 0.29) is 0 Å². The lowest BCUT2D eigenvalue weighted by Crippen LogP contribution is -2.23. The third kappa shape index (κ3) is 4.44. The van der Waals surface area contributed by atoms with Crippen molar-refractivity contribution in [1.82, 2.24) is 10.3 Å². The summed E-state index contributed by atoms with van der Waals surface area (Å²) in [5.74, 6) is 0. The lowest BCUT2D eigenvalue weighted by molar-refractivity contribution is 0.522. The third-order valence-corrected chi connectivity index (χ3v) is 3.76. The van der Waals surface area contributed by atoms with E-state index in [0.717, 1.165) is 23.9 Å². The van der Waals surface area contributed by atoms with Gasteiger partial charge in [-0.1, -0.05) is 35.0 Å². The Bertz CT molecular complexity index is 482. The van der Waals surface area contributed by atoms with Crippen molar-refractivity contribution in [2.75, 3.05) is 6.54 Å². The van der Waals surface area contributed by atoms with Gasteiger partial charge in [0, 0.05) is 22.9 Å². The minimum absolute atomic E-state index is 0.426. The highest BCUT2D eigenvalue weighted by molar-refractivity contribution is 9.10. The maximum atomic E-state index is 4.04. The molecule has 1 unspecified atom stereocenters. The van der Waals surface area contributed by atoms with Crippen LogP contribution in [0.3, 0.4) is 0 Å². The van der Waals surface area contributed by atoms with Crippen molar-refractivity contribution in [2.24, 2.45) is 0 Å². The molecule has 2 rings (SSSR count). The molecule has 1 aromatic carbocycles. The van der Waals surface area contributed by atoms with Crippen LogP contribution in [0.2, 0.25) is 0 Å². The molecule has 1 aromatic heterocycles. The molecule has 0 saturated heterocycles. The first-order valence-corrected chi connectivity index (χ1v) is 7.46. The molecule has 0 aliphatic heterocycles. The summed E-state index contributed by atoms with van der Waals surface area (Å²) in [5, 5.41) is 3.62. The van der Waals surface area contributed by atoms with Gasteiger partial charge in [-0.25, -0.2) is 0 Å². The summed E-state index contributed by atoms with van der Waals surface area (Å²) in [7, 11) is 0. The van der Waals surface area contributed by atoms with E-state index < -0.39 is 0 Å². The molecule has 0 radical (unpaired) electrons. The minimum Gasteiger partial charge on any atom is -0.310 e. The maximum Gasteiger partial charge on any atom is 0.0317 e. The van der Waals surface area contributed by atoms with Gasteiger partial charge in [0.05, 0.1) is 0 Å². The maximum absolute atomic E-state index is 4.04. The smallest absolute Gasteiger partial charge is 0.0317 e. The average molecular weight is 319 g/mol. The molecule has 2 aromatic rings. The molecular formula is C16H19BrN2. The Morgan fingerprint density at radius 3 is 2.42 bits per heavy atom. The molecule has 2 nitrogen and oxygen atoms in total. The second-order valence-electron chi connectivity index (χ2n) is 4.57.